The lowest BCUT2D eigenvalue weighted by Crippen LogP contribution is -2.24. The van der Waals surface area contributed by atoms with E-state index in [1.54, 1.807) is 17.8 Å². The summed E-state index contributed by atoms with van der Waals surface area (Å²) in [6.07, 6.45) is 1.55. The molecule has 0 aliphatic carbocycles. The number of hydrogen-bond acceptors (Lipinski definition) is 4. The van der Waals surface area contributed by atoms with Crippen LogP contribution in [0.25, 0.3) is 0 Å². The molecule has 1 aromatic heterocycles. The highest BCUT2D eigenvalue weighted by Gasteiger charge is 2.16. The van der Waals surface area contributed by atoms with E-state index >= 15 is 0 Å². The lowest BCUT2D eigenvalue weighted by Gasteiger charge is -2.10. The van der Waals surface area contributed by atoms with Gasteiger partial charge in [-0.15, -0.1) is 0 Å². The molecule has 0 amide bonds. The van der Waals surface area contributed by atoms with Gasteiger partial charge in [-0.3, -0.25) is 4.68 Å². The SMILES string of the molecule is CCOC(=O)c1cnn(C)c1CNC(C)C. The number of ether oxygens (including phenoxy) is 1. The maximum atomic E-state index is 11.6. The van der Waals surface area contributed by atoms with Crippen LogP contribution in [0.3, 0.4) is 0 Å². The van der Waals surface area contributed by atoms with Crippen molar-refractivity contribution in [3.05, 3.63) is 17.5 Å². The normalized spacial score (nSPS) is 10.8. The van der Waals surface area contributed by atoms with Crippen LogP contribution in [0.15, 0.2) is 6.20 Å². The Labute approximate surface area is 95.8 Å². The molecule has 0 atom stereocenters. The average Bonchev–Trinajstić information content (AvgIpc) is 2.57. The Kier molecular flexibility index (Phi) is 4.49. The monoisotopic (exact) mass is 225 g/mol. The number of nitrogens with one attached hydrogen (secondary N) is 1. The third-order valence-electron chi connectivity index (χ3n) is 2.23. The molecule has 1 N–H and O–H groups in total. The van der Waals surface area contributed by atoms with Crippen molar-refractivity contribution in [1.29, 1.82) is 0 Å². The molecular formula is C11H19N3O2. The Balaban J connectivity index is 2.81. The summed E-state index contributed by atoms with van der Waals surface area (Å²) in [6.45, 7) is 6.90. The van der Waals surface area contributed by atoms with Crippen LogP contribution in [0.1, 0.15) is 36.8 Å². The number of rotatable bonds is 5. The summed E-state index contributed by atoms with van der Waals surface area (Å²) >= 11 is 0. The maximum Gasteiger partial charge on any atom is 0.341 e. The number of esters is 1. The van der Waals surface area contributed by atoms with Crippen LogP contribution >= 0.6 is 0 Å². The van der Waals surface area contributed by atoms with Crippen LogP contribution in [0, 0.1) is 0 Å². The topological polar surface area (TPSA) is 56.1 Å². The van der Waals surface area contributed by atoms with Gasteiger partial charge in [-0.05, 0) is 6.92 Å². The van der Waals surface area contributed by atoms with E-state index in [0.29, 0.717) is 24.8 Å². The van der Waals surface area contributed by atoms with Crippen molar-refractivity contribution < 1.29 is 9.53 Å². The Morgan fingerprint density at radius 2 is 2.31 bits per heavy atom. The van der Waals surface area contributed by atoms with Crippen molar-refractivity contribution in [2.75, 3.05) is 6.61 Å². The van der Waals surface area contributed by atoms with Crippen LogP contribution in [0.5, 0.6) is 0 Å². The molecule has 0 saturated heterocycles. The van der Waals surface area contributed by atoms with Gasteiger partial charge >= 0.3 is 5.97 Å². The van der Waals surface area contributed by atoms with Crippen LogP contribution in [-0.2, 0) is 18.3 Å². The minimum absolute atomic E-state index is 0.309. The first-order valence-corrected chi connectivity index (χ1v) is 5.47. The van der Waals surface area contributed by atoms with Crippen molar-refractivity contribution in [2.45, 2.75) is 33.4 Å². The van der Waals surface area contributed by atoms with E-state index < -0.39 is 0 Å². The van der Waals surface area contributed by atoms with Crippen LogP contribution in [0.2, 0.25) is 0 Å². The smallest absolute Gasteiger partial charge is 0.341 e. The average molecular weight is 225 g/mol. The zero-order valence-corrected chi connectivity index (χ0v) is 10.3. The van der Waals surface area contributed by atoms with Gasteiger partial charge in [-0.2, -0.15) is 5.10 Å². The highest BCUT2D eigenvalue weighted by atomic mass is 16.5. The van der Waals surface area contributed by atoms with Crippen LogP contribution in [-0.4, -0.2) is 28.4 Å². The molecule has 1 heterocycles. The molecule has 0 unspecified atom stereocenters. The van der Waals surface area contributed by atoms with Crippen LogP contribution in [0.4, 0.5) is 0 Å². The number of carbonyl (C=O) groups is 1. The van der Waals surface area contributed by atoms with Gasteiger partial charge in [0, 0.05) is 19.6 Å². The molecule has 1 aromatic rings. The molecule has 1 rings (SSSR count). The first-order valence-electron chi connectivity index (χ1n) is 5.47. The van der Waals surface area contributed by atoms with Crippen LogP contribution < -0.4 is 5.32 Å². The summed E-state index contributed by atoms with van der Waals surface area (Å²) in [6, 6.07) is 0.366. The molecule has 0 spiro atoms. The van der Waals surface area contributed by atoms with Crippen molar-refractivity contribution in [3.8, 4) is 0 Å². The van der Waals surface area contributed by atoms with E-state index in [2.05, 4.69) is 24.3 Å². The molecule has 0 aliphatic heterocycles. The Morgan fingerprint density at radius 1 is 1.62 bits per heavy atom. The second-order valence-electron chi connectivity index (χ2n) is 3.88. The van der Waals surface area contributed by atoms with E-state index in [1.165, 1.54) is 0 Å². The zero-order chi connectivity index (χ0) is 12.1. The van der Waals surface area contributed by atoms with Crippen molar-refractivity contribution in [2.24, 2.45) is 7.05 Å². The first kappa shape index (κ1) is 12.7. The molecule has 0 fully saturated rings. The summed E-state index contributed by atoms with van der Waals surface area (Å²) in [4.78, 5) is 11.6. The minimum atomic E-state index is -0.309. The fourth-order valence-corrected chi connectivity index (χ4v) is 1.35. The van der Waals surface area contributed by atoms with Gasteiger partial charge < -0.3 is 10.1 Å². The summed E-state index contributed by atoms with van der Waals surface area (Å²) in [7, 11) is 1.82. The van der Waals surface area contributed by atoms with Gasteiger partial charge in [0.05, 0.1) is 18.5 Å². The first-order chi connectivity index (χ1) is 7.56. The lowest BCUT2D eigenvalue weighted by molar-refractivity contribution is 0.0524. The summed E-state index contributed by atoms with van der Waals surface area (Å²) < 4.78 is 6.66. The zero-order valence-electron chi connectivity index (χ0n) is 10.3. The summed E-state index contributed by atoms with van der Waals surface area (Å²) in [5, 5.41) is 7.33. The predicted molar refractivity (Wildman–Crippen MR) is 61.1 cm³/mol. The van der Waals surface area contributed by atoms with Crippen molar-refractivity contribution in [3.63, 3.8) is 0 Å². The number of aryl methyl sites for hydroxylation is 1. The summed E-state index contributed by atoms with van der Waals surface area (Å²) in [5.41, 5.74) is 1.39. The van der Waals surface area contributed by atoms with Gasteiger partial charge in [-0.1, -0.05) is 13.8 Å². The van der Waals surface area contributed by atoms with Gasteiger partial charge in [0.15, 0.2) is 0 Å². The van der Waals surface area contributed by atoms with Gasteiger partial charge in [0.2, 0.25) is 0 Å². The minimum Gasteiger partial charge on any atom is -0.462 e. The summed E-state index contributed by atoms with van der Waals surface area (Å²) in [5.74, 6) is -0.309. The molecule has 0 aromatic carbocycles. The molecule has 0 saturated carbocycles. The fraction of sp³-hybridized carbons (Fsp3) is 0.636. The highest BCUT2D eigenvalue weighted by Crippen LogP contribution is 2.09. The molecule has 0 radical (unpaired) electrons. The molecule has 90 valence electrons. The largest absolute Gasteiger partial charge is 0.462 e. The lowest BCUT2D eigenvalue weighted by atomic mass is 10.2. The quantitative estimate of drug-likeness (QED) is 0.762. The molecular weight excluding hydrogens is 206 g/mol. The Morgan fingerprint density at radius 3 is 2.88 bits per heavy atom. The van der Waals surface area contributed by atoms with E-state index in [1.807, 2.05) is 7.05 Å². The molecule has 5 heteroatoms. The Hall–Kier alpha value is -1.36. The van der Waals surface area contributed by atoms with E-state index in [0.717, 1.165) is 5.69 Å². The van der Waals surface area contributed by atoms with Gasteiger partial charge in [0.1, 0.15) is 5.56 Å². The molecule has 0 aliphatic rings. The number of nitrogens with zero attached hydrogens (tertiary/aromatic N) is 2. The van der Waals surface area contributed by atoms with E-state index in [9.17, 15) is 4.79 Å². The van der Waals surface area contributed by atoms with E-state index in [4.69, 9.17) is 4.74 Å². The van der Waals surface area contributed by atoms with Crippen molar-refractivity contribution in [1.82, 2.24) is 15.1 Å². The third kappa shape index (κ3) is 3.06. The highest BCUT2D eigenvalue weighted by molar-refractivity contribution is 5.90. The standard InChI is InChI=1S/C11H19N3O2/c1-5-16-11(15)9-6-13-14(4)10(9)7-12-8(2)3/h6,8,12H,5,7H2,1-4H3. The molecule has 0 bridgehead atoms. The molecule has 16 heavy (non-hydrogen) atoms. The third-order valence-corrected chi connectivity index (χ3v) is 2.23. The second-order valence-corrected chi connectivity index (χ2v) is 3.88. The number of carbonyl (C=O) groups excluding carboxylic acids is 1. The van der Waals surface area contributed by atoms with Crippen molar-refractivity contribution >= 4 is 5.97 Å². The molecule has 5 nitrogen and oxygen atoms in total. The maximum absolute atomic E-state index is 11.6. The van der Waals surface area contributed by atoms with Gasteiger partial charge in [-0.25, -0.2) is 4.79 Å². The van der Waals surface area contributed by atoms with Gasteiger partial charge in [0.25, 0.3) is 0 Å². The predicted octanol–water partition coefficient (Wildman–Crippen LogP) is 1.09. The Bertz CT molecular complexity index is 358. The fourth-order valence-electron chi connectivity index (χ4n) is 1.35. The second kappa shape index (κ2) is 5.65. The van der Waals surface area contributed by atoms with E-state index in [-0.39, 0.29) is 5.97 Å². The number of hydrogen-bond donors (Lipinski definition) is 1. The number of aromatic nitrogens is 2.